The van der Waals surface area contributed by atoms with E-state index >= 15 is 0 Å². The predicted molar refractivity (Wildman–Crippen MR) is 39.4 cm³/mol. The SMILES string of the molecule is CS(=O)(=O)CCC(O)CN. The Morgan fingerprint density at radius 2 is 2.10 bits per heavy atom. The Kier molecular flexibility index (Phi) is 3.85. The molecule has 1 unspecified atom stereocenters. The van der Waals surface area contributed by atoms with Crippen molar-refractivity contribution in [3.05, 3.63) is 0 Å². The maximum atomic E-state index is 10.5. The first kappa shape index (κ1) is 9.87. The van der Waals surface area contributed by atoms with E-state index in [1.54, 1.807) is 0 Å². The molecule has 0 heterocycles. The van der Waals surface area contributed by atoms with Gasteiger partial charge in [-0.1, -0.05) is 0 Å². The summed E-state index contributed by atoms with van der Waals surface area (Å²) in [4.78, 5) is 0. The van der Waals surface area contributed by atoms with Crippen LogP contribution in [-0.2, 0) is 9.84 Å². The van der Waals surface area contributed by atoms with Crippen molar-refractivity contribution in [2.24, 2.45) is 5.73 Å². The third-order valence-corrected chi connectivity index (χ3v) is 2.07. The Labute approximate surface area is 61.0 Å². The smallest absolute Gasteiger partial charge is 0.147 e. The Balaban J connectivity index is 3.56. The second kappa shape index (κ2) is 3.90. The van der Waals surface area contributed by atoms with Crippen LogP contribution in [0.3, 0.4) is 0 Å². The molecule has 0 fully saturated rings. The van der Waals surface area contributed by atoms with Crippen molar-refractivity contribution in [3.8, 4) is 0 Å². The number of rotatable bonds is 4. The largest absolute Gasteiger partial charge is 0.392 e. The minimum Gasteiger partial charge on any atom is -0.392 e. The molecule has 1 atom stereocenters. The molecule has 0 bridgehead atoms. The molecule has 4 nitrogen and oxygen atoms in total. The van der Waals surface area contributed by atoms with Gasteiger partial charge in [0, 0.05) is 12.8 Å². The van der Waals surface area contributed by atoms with Gasteiger partial charge in [-0.05, 0) is 6.42 Å². The molecular weight excluding hydrogens is 154 g/mol. The van der Waals surface area contributed by atoms with Crippen LogP contribution in [0.15, 0.2) is 0 Å². The summed E-state index contributed by atoms with van der Waals surface area (Å²) >= 11 is 0. The summed E-state index contributed by atoms with van der Waals surface area (Å²) in [5, 5.41) is 8.83. The van der Waals surface area contributed by atoms with Crippen molar-refractivity contribution in [1.29, 1.82) is 0 Å². The third kappa shape index (κ3) is 6.00. The van der Waals surface area contributed by atoms with E-state index in [1.165, 1.54) is 0 Å². The quantitative estimate of drug-likeness (QED) is 0.547. The van der Waals surface area contributed by atoms with Crippen molar-refractivity contribution >= 4 is 9.84 Å². The summed E-state index contributed by atoms with van der Waals surface area (Å²) in [7, 11) is -2.94. The lowest BCUT2D eigenvalue weighted by atomic mass is 10.3. The number of hydrogen-bond donors (Lipinski definition) is 2. The van der Waals surface area contributed by atoms with Gasteiger partial charge in [-0.3, -0.25) is 0 Å². The van der Waals surface area contributed by atoms with E-state index < -0.39 is 15.9 Å². The number of aliphatic hydroxyl groups excluding tert-OH is 1. The molecule has 0 saturated carbocycles. The van der Waals surface area contributed by atoms with Gasteiger partial charge >= 0.3 is 0 Å². The van der Waals surface area contributed by atoms with Gasteiger partial charge in [0.25, 0.3) is 0 Å². The van der Waals surface area contributed by atoms with E-state index in [1.807, 2.05) is 0 Å². The molecule has 5 heteroatoms. The standard InChI is InChI=1S/C5H13NO3S/c1-10(8,9)3-2-5(7)4-6/h5,7H,2-4,6H2,1H3. The highest BCUT2D eigenvalue weighted by Gasteiger charge is 2.06. The highest BCUT2D eigenvalue weighted by Crippen LogP contribution is 1.93. The number of nitrogens with two attached hydrogens (primary N) is 1. The molecule has 0 aromatic rings. The van der Waals surface area contributed by atoms with E-state index in [-0.39, 0.29) is 18.7 Å². The monoisotopic (exact) mass is 167 g/mol. The van der Waals surface area contributed by atoms with E-state index in [4.69, 9.17) is 10.8 Å². The molecule has 0 aromatic carbocycles. The molecule has 0 aromatic heterocycles. The van der Waals surface area contributed by atoms with Gasteiger partial charge in [0.15, 0.2) is 0 Å². The molecule has 3 N–H and O–H groups in total. The lowest BCUT2D eigenvalue weighted by Gasteiger charge is -2.04. The Hall–Kier alpha value is -0.130. The van der Waals surface area contributed by atoms with Crippen LogP contribution in [0.5, 0.6) is 0 Å². The van der Waals surface area contributed by atoms with Crippen LogP contribution < -0.4 is 5.73 Å². The van der Waals surface area contributed by atoms with Crippen LogP contribution >= 0.6 is 0 Å². The maximum absolute atomic E-state index is 10.5. The lowest BCUT2D eigenvalue weighted by Crippen LogP contribution is -2.22. The fraction of sp³-hybridized carbons (Fsp3) is 1.00. The Morgan fingerprint density at radius 1 is 1.60 bits per heavy atom. The molecule has 0 spiro atoms. The molecule has 0 aliphatic heterocycles. The van der Waals surface area contributed by atoms with Gasteiger partial charge in [-0.25, -0.2) is 8.42 Å². The van der Waals surface area contributed by atoms with Crippen LogP contribution in [0.1, 0.15) is 6.42 Å². The predicted octanol–water partition coefficient (Wildman–Crippen LogP) is -1.26. The van der Waals surface area contributed by atoms with Crippen LogP contribution in [0, 0.1) is 0 Å². The van der Waals surface area contributed by atoms with E-state index in [0.717, 1.165) is 6.26 Å². The number of sulfone groups is 1. The topological polar surface area (TPSA) is 80.4 Å². The second-order valence-electron chi connectivity index (χ2n) is 2.31. The zero-order valence-corrected chi connectivity index (χ0v) is 6.76. The van der Waals surface area contributed by atoms with Gasteiger partial charge in [0.05, 0.1) is 11.9 Å². The molecule has 0 aliphatic rings. The first-order valence-electron chi connectivity index (χ1n) is 3.01. The molecule has 10 heavy (non-hydrogen) atoms. The molecule has 0 amide bonds. The zero-order chi connectivity index (χ0) is 8.20. The first-order chi connectivity index (χ1) is 4.45. The molecule has 0 aliphatic carbocycles. The van der Waals surface area contributed by atoms with Gasteiger partial charge in [-0.2, -0.15) is 0 Å². The Morgan fingerprint density at radius 3 is 2.40 bits per heavy atom. The van der Waals surface area contributed by atoms with Gasteiger partial charge < -0.3 is 10.8 Å². The lowest BCUT2D eigenvalue weighted by molar-refractivity contribution is 0.179. The number of aliphatic hydroxyl groups is 1. The van der Waals surface area contributed by atoms with Gasteiger partial charge in [-0.15, -0.1) is 0 Å². The summed E-state index contributed by atoms with van der Waals surface area (Å²) < 4.78 is 21.0. The molecule has 0 saturated heterocycles. The summed E-state index contributed by atoms with van der Waals surface area (Å²) in [6.45, 7) is 0.121. The third-order valence-electron chi connectivity index (χ3n) is 1.09. The zero-order valence-electron chi connectivity index (χ0n) is 5.95. The fourth-order valence-corrected chi connectivity index (χ4v) is 1.17. The normalized spacial score (nSPS) is 15.1. The van der Waals surface area contributed by atoms with E-state index in [9.17, 15) is 8.42 Å². The average Bonchev–Trinajstić information content (AvgIpc) is 1.81. The van der Waals surface area contributed by atoms with Crippen LogP contribution in [0.4, 0.5) is 0 Å². The molecule has 0 rings (SSSR count). The highest BCUT2D eigenvalue weighted by atomic mass is 32.2. The van der Waals surface area contributed by atoms with Gasteiger partial charge in [0.2, 0.25) is 0 Å². The van der Waals surface area contributed by atoms with E-state index in [2.05, 4.69) is 0 Å². The highest BCUT2D eigenvalue weighted by molar-refractivity contribution is 7.90. The summed E-state index contributed by atoms with van der Waals surface area (Å²) in [5.74, 6) is 0.00532. The minimum atomic E-state index is -2.94. The number of hydrogen-bond acceptors (Lipinski definition) is 4. The van der Waals surface area contributed by atoms with Crippen molar-refractivity contribution < 1.29 is 13.5 Å². The Bertz CT molecular complexity index is 175. The minimum absolute atomic E-state index is 0.00532. The van der Waals surface area contributed by atoms with Crippen molar-refractivity contribution in [2.45, 2.75) is 12.5 Å². The second-order valence-corrected chi connectivity index (χ2v) is 4.57. The van der Waals surface area contributed by atoms with Crippen molar-refractivity contribution in [3.63, 3.8) is 0 Å². The van der Waals surface area contributed by atoms with E-state index in [0.29, 0.717) is 0 Å². The molecule has 62 valence electrons. The van der Waals surface area contributed by atoms with Crippen LogP contribution in [-0.4, -0.2) is 38.2 Å². The molecule has 0 radical (unpaired) electrons. The fourth-order valence-electron chi connectivity index (χ4n) is 0.468. The van der Waals surface area contributed by atoms with Crippen molar-refractivity contribution in [1.82, 2.24) is 0 Å². The van der Waals surface area contributed by atoms with Crippen LogP contribution in [0.25, 0.3) is 0 Å². The average molecular weight is 167 g/mol. The van der Waals surface area contributed by atoms with Crippen molar-refractivity contribution in [2.75, 3.05) is 18.6 Å². The van der Waals surface area contributed by atoms with Crippen LogP contribution in [0.2, 0.25) is 0 Å². The van der Waals surface area contributed by atoms with Gasteiger partial charge in [0.1, 0.15) is 9.84 Å². The molecular formula is C5H13NO3S. The summed E-state index contributed by atoms with van der Waals surface area (Å²) in [6.07, 6.45) is 0.681. The maximum Gasteiger partial charge on any atom is 0.147 e. The first-order valence-corrected chi connectivity index (χ1v) is 5.07. The summed E-state index contributed by atoms with van der Waals surface area (Å²) in [5.41, 5.74) is 5.06. The summed E-state index contributed by atoms with van der Waals surface area (Å²) in [6, 6.07) is 0.